The molecule has 0 radical (unpaired) electrons. The maximum absolute atomic E-state index is 12.8. The zero-order chi connectivity index (χ0) is 20.8. The molecular weight excluding hydrogens is 405 g/mol. The zero-order valence-electron chi connectivity index (χ0n) is 15.2. The third-order valence-corrected chi connectivity index (χ3v) is 7.03. The Kier molecular flexibility index (Phi) is 4.74. The molecule has 0 atom stereocenters. The minimum atomic E-state index is -4.45. The average Bonchev–Trinajstić information content (AvgIpc) is 3.35. The maximum Gasteiger partial charge on any atom is 0.416 e. The van der Waals surface area contributed by atoms with Gasteiger partial charge >= 0.3 is 6.18 Å². The van der Waals surface area contributed by atoms with E-state index in [-0.39, 0.29) is 10.5 Å². The number of sulfonamides is 1. The number of rotatable bonds is 4. The molecule has 1 N–H and O–H groups in total. The summed E-state index contributed by atoms with van der Waals surface area (Å²) in [5.74, 6) is 0. The number of hydrogen-bond donors (Lipinski definition) is 1. The first-order chi connectivity index (χ1) is 13.7. The lowest BCUT2D eigenvalue weighted by atomic mass is 10.0. The van der Waals surface area contributed by atoms with Gasteiger partial charge in [0.2, 0.25) is 10.0 Å². The van der Waals surface area contributed by atoms with E-state index < -0.39 is 21.8 Å². The third kappa shape index (κ3) is 3.44. The van der Waals surface area contributed by atoms with Crippen molar-refractivity contribution in [3.63, 3.8) is 0 Å². The predicted molar refractivity (Wildman–Crippen MR) is 102 cm³/mol. The van der Waals surface area contributed by atoms with Crippen LogP contribution < -0.4 is 0 Å². The van der Waals surface area contributed by atoms with Crippen LogP contribution in [0.4, 0.5) is 13.2 Å². The number of carbonyl (C=O) groups is 1. The highest BCUT2D eigenvalue weighted by Crippen LogP contribution is 2.34. The van der Waals surface area contributed by atoms with Crippen molar-refractivity contribution in [2.24, 2.45) is 0 Å². The lowest BCUT2D eigenvalue weighted by molar-refractivity contribution is -0.137. The number of alkyl halides is 3. The molecule has 4 rings (SSSR count). The Morgan fingerprint density at radius 1 is 1.00 bits per heavy atom. The minimum absolute atomic E-state index is 0.0907. The van der Waals surface area contributed by atoms with Crippen LogP contribution in [-0.2, 0) is 16.2 Å². The minimum Gasteiger partial charge on any atom is -0.354 e. The molecule has 0 aliphatic carbocycles. The molecule has 0 amide bonds. The number of aromatic amines is 1. The summed E-state index contributed by atoms with van der Waals surface area (Å²) >= 11 is 0. The Morgan fingerprint density at radius 3 is 2.24 bits per heavy atom. The summed E-state index contributed by atoms with van der Waals surface area (Å²) in [7, 11) is -3.65. The van der Waals surface area contributed by atoms with E-state index in [4.69, 9.17) is 0 Å². The molecule has 152 valence electrons. The topological polar surface area (TPSA) is 70.2 Å². The van der Waals surface area contributed by atoms with E-state index in [1.165, 1.54) is 28.6 Å². The number of halogens is 3. The monoisotopic (exact) mass is 422 g/mol. The number of H-pyrrole nitrogens is 1. The van der Waals surface area contributed by atoms with Gasteiger partial charge in [0, 0.05) is 29.6 Å². The van der Waals surface area contributed by atoms with Crippen LogP contribution in [0.15, 0.2) is 47.4 Å². The Labute approximate surface area is 165 Å². The highest BCUT2D eigenvalue weighted by molar-refractivity contribution is 7.89. The van der Waals surface area contributed by atoms with Crippen molar-refractivity contribution in [1.29, 1.82) is 0 Å². The molecular formula is C20H17F3N2O3S. The van der Waals surface area contributed by atoms with E-state index in [9.17, 15) is 26.4 Å². The quantitative estimate of drug-likeness (QED) is 0.632. The van der Waals surface area contributed by atoms with Crippen LogP contribution in [0.1, 0.15) is 28.8 Å². The van der Waals surface area contributed by atoms with E-state index >= 15 is 0 Å². The molecule has 0 bridgehead atoms. The Balaban J connectivity index is 1.80. The molecule has 1 fully saturated rings. The molecule has 2 heterocycles. The first kappa shape index (κ1) is 19.7. The van der Waals surface area contributed by atoms with Crippen LogP contribution in [0.3, 0.4) is 0 Å². The molecule has 1 aromatic heterocycles. The average molecular weight is 422 g/mol. The number of nitrogens with one attached hydrogen (secondary N) is 1. The van der Waals surface area contributed by atoms with Crippen LogP contribution in [0.25, 0.3) is 22.2 Å². The van der Waals surface area contributed by atoms with Gasteiger partial charge in [-0.15, -0.1) is 0 Å². The summed E-state index contributed by atoms with van der Waals surface area (Å²) in [5, 5.41) is 0.412. The van der Waals surface area contributed by atoms with E-state index in [1.807, 2.05) is 0 Å². The van der Waals surface area contributed by atoms with Gasteiger partial charge in [0.1, 0.15) is 0 Å². The Morgan fingerprint density at radius 2 is 1.66 bits per heavy atom. The van der Waals surface area contributed by atoms with Crippen molar-refractivity contribution in [2.45, 2.75) is 23.9 Å². The fraction of sp³-hybridized carbons (Fsp3) is 0.250. The van der Waals surface area contributed by atoms with Crippen molar-refractivity contribution in [3.8, 4) is 11.3 Å². The van der Waals surface area contributed by atoms with Crippen LogP contribution in [0.2, 0.25) is 0 Å². The number of benzene rings is 2. The van der Waals surface area contributed by atoms with Crippen molar-refractivity contribution >= 4 is 27.2 Å². The fourth-order valence-electron chi connectivity index (χ4n) is 3.61. The predicted octanol–water partition coefficient (Wildman–Crippen LogP) is 4.45. The second kappa shape index (κ2) is 7.00. The van der Waals surface area contributed by atoms with Gasteiger partial charge < -0.3 is 4.98 Å². The largest absolute Gasteiger partial charge is 0.416 e. The first-order valence-electron chi connectivity index (χ1n) is 9.00. The standard InChI is InChI=1S/C20H17F3N2O3S/c21-20(22,23)14-5-3-13(4-6-14)19-17(12-26)16-11-15(7-8-18(16)24-19)29(27,28)25-9-1-2-10-25/h3-8,11-12,24H,1-2,9-10H2. The smallest absolute Gasteiger partial charge is 0.354 e. The van der Waals surface area contributed by atoms with Crippen molar-refractivity contribution in [1.82, 2.24) is 9.29 Å². The van der Waals surface area contributed by atoms with Crippen molar-refractivity contribution in [2.75, 3.05) is 13.1 Å². The lowest BCUT2D eigenvalue weighted by Crippen LogP contribution is -2.27. The van der Waals surface area contributed by atoms with Crippen molar-refractivity contribution in [3.05, 3.63) is 53.6 Å². The first-order valence-corrected chi connectivity index (χ1v) is 10.4. The molecule has 0 spiro atoms. The van der Waals surface area contributed by atoms with Crippen LogP contribution in [0.5, 0.6) is 0 Å². The van der Waals surface area contributed by atoms with Gasteiger partial charge in [0.05, 0.1) is 16.2 Å². The summed E-state index contributed by atoms with van der Waals surface area (Å²) in [5.41, 5.74) is 0.698. The normalized spacial score (nSPS) is 15.8. The Hall–Kier alpha value is -2.65. The second-order valence-electron chi connectivity index (χ2n) is 6.93. The zero-order valence-corrected chi connectivity index (χ0v) is 16.0. The number of carbonyl (C=O) groups excluding carboxylic acids is 1. The molecule has 0 saturated carbocycles. The van der Waals surface area contributed by atoms with Gasteiger partial charge in [-0.25, -0.2) is 8.42 Å². The van der Waals surface area contributed by atoms with Gasteiger partial charge in [-0.05, 0) is 48.7 Å². The molecule has 5 nitrogen and oxygen atoms in total. The summed E-state index contributed by atoms with van der Waals surface area (Å²) < 4.78 is 65.4. The number of aldehydes is 1. The highest BCUT2D eigenvalue weighted by Gasteiger charge is 2.30. The summed E-state index contributed by atoms with van der Waals surface area (Å²) in [4.78, 5) is 14.9. The molecule has 2 aromatic carbocycles. The fourth-order valence-corrected chi connectivity index (χ4v) is 5.15. The number of aromatic nitrogens is 1. The van der Waals surface area contributed by atoms with Crippen molar-refractivity contribution < 1.29 is 26.4 Å². The molecule has 1 aliphatic heterocycles. The molecule has 3 aromatic rings. The number of nitrogens with zero attached hydrogens (tertiary/aromatic N) is 1. The second-order valence-corrected chi connectivity index (χ2v) is 8.86. The number of fused-ring (bicyclic) bond motifs is 1. The molecule has 9 heteroatoms. The van der Waals surface area contributed by atoms with E-state index in [0.29, 0.717) is 41.5 Å². The molecule has 0 unspecified atom stereocenters. The van der Waals surface area contributed by atoms with Gasteiger partial charge in [-0.2, -0.15) is 17.5 Å². The maximum atomic E-state index is 12.8. The summed E-state index contributed by atoms with van der Waals surface area (Å²) in [6.45, 7) is 0.926. The number of hydrogen-bond acceptors (Lipinski definition) is 3. The summed E-state index contributed by atoms with van der Waals surface area (Å²) in [6.07, 6.45) is -2.25. The third-order valence-electron chi connectivity index (χ3n) is 5.13. The van der Waals surface area contributed by atoms with Gasteiger partial charge in [-0.3, -0.25) is 4.79 Å². The van der Waals surface area contributed by atoms with Crippen LogP contribution in [-0.4, -0.2) is 37.1 Å². The van der Waals surface area contributed by atoms with Gasteiger partial charge in [-0.1, -0.05) is 12.1 Å². The van der Waals surface area contributed by atoms with E-state index in [2.05, 4.69) is 4.98 Å². The molecule has 1 saturated heterocycles. The van der Waals surface area contributed by atoms with Crippen LogP contribution >= 0.6 is 0 Å². The van der Waals surface area contributed by atoms with Gasteiger partial charge in [0.15, 0.2) is 6.29 Å². The van der Waals surface area contributed by atoms with E-state index in [1.54, 1.807) is 6.07 Å². The summed E-state index contributed by atoms with van der Waals surface area (Å²) in [6, 6.07) is 8.93. The SMILES string of the molecule is O=Cc1c(-c2ccc(C(F)(F)F)cc2)[nH]c2ccc(S(=O)(=O)N3CCCC3)cc12. The molecule has 29 heavy (non-hydrogen) atoms. The Bertz CT molecular complexity index is 1180. The van der Waals surface area contributed by atoms with Gasteiger partial charge in [0.25, 0.3) is 0 Å². The van der Waals surface area contributed by atoms with E-state index in [0.717, 1.165) is 25.0 Å². The van der Waals surface area contributed by atoms with Crippen LogP contribution in [0, 0.1) is 0 Å². The lowest BCUT2D eigenvalue weighted by Gasteiger charge is -2.15. The molecule has 1 aliphatic rings. The highest BCUT2D eigenvalue weighted by atomic mass is 32.2.